The number of amides is 4. The standard InChI is InChI=1S/C35H58N4O6S/c1-2-3-7-14-25(40)19-20-27-26(29(41)23-30(27)42)15-8-4-5-9-17-32(43)36-21-12-6-13-22-37-33(44)18-11-10-16-31-34-28(24-46-31)38-35(45)39-34/h4,8,19-20,25-28,30-31,34,40,42H,2-3,5-7,9-18,21-24H2,1H3,(H,36,43)(H,37,44)(H2,38,39,45)/b8-4-,20-19+/t25-,26+,27+,28+,30-,31+,34-/m0/s1. The molecular formula is C35H58N4O6S. The first-order valence-corrected chi connectivity index (χ1v) is 18.8. The van der Waals surface area contributed by atoms with Gasteiger partial charge >= 0.3 is 6.03 Å². The van der Waals surface area contributed by atoms with Gasteiger partial charge in [-0.1, -0.05) is 56.9 Å². The minimum absolute atomic E-state index is 0.0385. The highest BCUT2D eigenvalue weighted by Gasteiger charge is 2.42. The smallest absolute Gasteiger partial charge is 0.315 e. The second kappa shape index (κ2) is 21.5. The van der Waals surface area contributed by atoms with Crippen LogP contribution in [-0.2, 0) is 14.4 Å². The molecule has 0 aromatic heterocycles. The van der Waals surface area contributed by atoms with Crippen LogP contribution in [0.1, 0.15) is 110 Å². The number of urea groups is 1. The molecule has 46 heavy (non-hydrogen) atoms. The molecule has 1 saturated carbocycles. The molecule has 1 aliphatic carbocycles. The molecule has 0 radical (unpaired) electrons. The number of unbranched alkanes of at least 4 members (excludes halogenated alkanes) is 6. The number of aliphatic hydroxyl groups excluding tert-OH is 2. The van der Waals surface area contributed by atoms with E-state index in [1.807, 2.05) is 30.0 Å². The predicted octanol–water partition coefficient (Wildman–Crippen LogP) is 4.30. The van der Waals surface area contributed by atoms with E-state index >= 15 is 0 Å². The summed E-state index contributed by atoms with van der Waals surface area (Å²) < 4.78 is 0. The Morgan fingerprint density at radius 1 is 0.957 bits per heavy atom. The number of Topliss-reactive ketones (excluding diaryl/α,β-unsaturated/α-hetero) is 1. The van der Waals surface area contributed by atoms with Gasteiger partial charge in [-0.05, 0) is 57.8 Å². The van der Waals surface area contributed by atoms with Gasteiger partial charge in [0.25, 0.3) is 0 Å². The van der Waals surface area contributed by atoms with Gasteiger partial charge in [0, 0.05) is 55.2 Å². The Kier molecular flexibility index (Phi) is 17.8. The number of carbonyl (C=O) groups is 4. The molecule has 260 valence electrons. The largest absolute Gasteiger partial charge is 0.392 e. The van der Waals surface area contributed by atoms with Crippen molar-refractivity contribution in [1.82, 2.24) is 21.3 Å². The first kappa shape index (κ1) is 38.1. The summed E-state index contributed by atoms with van der Waals surface area (Å²) >= 11 is 1.90. The van der Waals surface area contributed by atoms with Gasteiger partial charge in [-0.2, -0.15) is 11.8 Å². The van der Waals surface area contributed by atoms with E-state index in [2.05, 4.69) is 28.2 Å². The Balaban J connectivity index is 1.13. The van der Waals surface area contributed by atoms with Crippen LogP contribution in [0.25, 0.3) is 0 Å². The molecule has 0 aromatic rings. The number of ketones is 1. The molecule has 4 amide bonds. The molecule has 2 aliphatic heterocycles. The highest BCUT2D eigenvalue weighted by atomic mass is 32.2. The monoisotopic (exact) mass is 662 g/mol. The maximum atomic E-state index is 12.4. The fourth-order valence-electron chi connectivity index (χ4n) is 6.56. The molecule has 3 aliphatic rings. The van der Waals surface area contributed by atoms with Gasteiger partial charge < -0.3 is 31.5 Å². The van der Waals surface area contributed by atoms with Crippen LogP contribution >= 0.6 is 11.8 Å². The fourth-order valence-corrected chi connectivity index (χ4v) is 8.10. The lowest BCUT2D eigenvalue weighted by atomic mass is 9.90. The lowest BCUT2D eigenvalue weighted by Gasteiger charge is -2.16. The van der Waals surface area contributed by atoms with Crippen molar-refractivity contribution in [3.63, 3.8) is 0 Å². The van der Waals surface area contributed by atoms with Crippen LogP contribution in [0.5, 0.6) is 0 Å². The number of rotatable bonds is 23. The second-order valence-electron chi connectivity index (χ2n) is 13.1. The number of thioether (sulfide) groups is 1. The van der Waals surface area contributed by atoms with Crippen molar-refractivity contribution < 1.29 is 29.4 Å². The van der Waals surface area contributed by atoms with Crippen molar-refractivity contribution in [1.29, 1.82) is 0 Å². The summed E-state index contributed by atoms with van der Waals surface area (Å²) in [6.07, 6.45) is 18.9. The molecule has 3 fully saturated rings. The average molecular weight is 663 g/mol. The van der Waals surface area contributed by atoms with Crippen molar-refractivity contribution in [2.24, 2.45) is 11.8 Å². The van der Waals surface area contributed by atoms with Gasteiger partial charge in [-0.15, -0.1) is 0 Å². The third-order valence-corrected chi connectivity index (χ3v) is 10.8. The van der Waals surface area contributed by atoms with Crippen molar-refractivity contribution >= 4 is 35.4 Å². The Morgan fingerprint density at radius 3 is 2.43 bits per heavy atom. The molecule has 0 unspecified atom stereocenters. The zero-order chi connectivity index (χ0) is 33.1. The molecule has 0 bridgehead atoms. The van der Waals surface area contributed by atoms with Crippen LogP contribution in [0.2, 0.25) is 0 Å². The zero-order valence-corrected chi connectivity index (χ0v) is 28.5. The van der Waals surface area contributed by atoms with Gasteiger partial charge in [0.1, 0.15) is 5.78 Å². The topological polar surface area (TPSA) is 157 Å². The van der Waals surface area contributed by atoms with E-state index in [1.54, 1.807) is 6.08 Å². The number of carbonyl (C=O) groups excluding carboxylic acids is 4. The Labute approximate surface area is 279 Å². The van der Waals surface area contributed by atoms with E-state index in [0.717, 1.165) is 76.4 Å². The summed E-state index contributed by atoms with van der Waals surface area (Å²) in [6.45, 7) is 3.41. The predicted molar refractivity (Wildman–Crippen MR) is 183 cm³/mol. The van der Waals surface area contributed by atoms with Crippen molar-refractivity contribution in [3.05, 3.63) is 24.3 Å². The van der Waals surface area contributed by atoms with Crippen LogP contribution in [0, 0.1) is 11.8 Å². The first-order valence-electron chi connectivity index (χ1n) is 17.7. The summed E-state index contributed by atoms with van der Waals surface area (Å²) in [5.41, 5.74) is 0. The number of hydrogen-bond acceptors (Lipinski definition) is 7. The molecule has 7 atom stereocenters. The van der Waals surface area contributed by atoms with Crippen molar-refractivity contribution in [3.8, 4) is 0 Å². The van der Waals surface area contributed by atoms with E-state index < -0.39 is 12.2 Å². The maximum absolute atomic E-state index is 12.4. The SMILES string of the molecule is CCCCC[C@H](O)/C=C/[C@H]1[C@@H](O)CC(=O)[C@@H]1C/C=C\CCCC(=O)NCCCCCNC(=O)CCCC[C@H]1SC[C@H]2NC(=O)N[C@@H]21. The van der Waals surface area contributed by atoms with Gasteiger partial charge in [0.05, 0.1) is 24.3 Å². The van der Waals surface area contributed by atoms with Crippen LogP contribution in [0.3, 0.4) is 0 Å². The van der Waals surface area contributed by atoms with Crippen LogP contribution in [0.15, 0.2) is 24.3 Å². The van der Waals surface area contributed by atoms with Gasteiger partial charge in [-0.25, -0.2) is 4.79 Å². The number of aliphatic hydroxyl groups is 2. The average Bonchev–Trinajstić information content (AvgIpc) is 3.66. The molecular weight excluding hydrogens is 604 g/mol. The minimum atomic E-state index is -0.694. The van der Waals surface area contributed by atoms with Gasteiger partial charge in [-0.3, -0.25) is 14.4 Å². The molecule has 10 nitrogen and oxygen atoms in total. The van der Waals surface area contributed by atoms with Crippen LogP contribution < -0.4 is 21.3 Å². The number of hydrogen-bond donors (Lipinski definition) is 6. The highest BCUT2D eigenvalue weighted by molar-refractivity contribution is 8.00. The third-order valence-electron chi connectivity index (χ3n) is 9.30. The Hall–Kier alpha value is -2.37. The second-order valence-corrected chi connectivity index (χ2v) is 14.4. The summed E-state index contributed by atoms with van der Waals surface area (Å²) in [5.74, 6) is 0.628. The highest BCUT2D eigenvalue weighted by Crippen LogP contribution is 2.34. The normalized spacial score (nSPS) is 26.4. The number of fused-ring (bicyclic) bond motifs is 1. The Morgan fingerprint density at radius 2 is 1.70 bits per heavy atom. The maximum Gasteiger partial charge on any atom is 0.315 e. The first-order chi connectivity index (χ1) is 22.3. The minimum Gasteiger partial charge on any atom is -0.392 e. The van der Waals surface area contributed by atoms with Crippen LogP contribution in [-0.4, -0.2) is 82.2 Å². The van der Waals surface area contributed by atoms with E-state index in [0.29, 0.717) is 44.0 Å². The lowest BCUT2D eigenvalue weighted by molar-refractivity contribution is -0.122. The molecule has 11 heteroatoms. The van der Waals surface area contributed by atoms with E-state index in [-0.39, 0.29) is 54.0 Å². The number of nitrogens with one attached hydrogen (secondary N) is 4. The number of allylic oxidation sites excluding steroid dienone is 2. The van der Waals surface area contributed by atoms with E-state index in [4.69, 9.17) is 0 Å². The van der Waals surface area contributed by atoms with Gasteiger partial charge in [0.2, 0.25) is 11.8 Å². The lowest BCUT2D eigenvalue weighted by Crippen LogP contribution is -2.36. The fraction of sp³-hybridized carbons (Fsp3) is 0.771. The zero-order valence-electron chi connectivity index (χ0n) is 27.7. The van der Waals surface area contributed by atoms with Crippen molar-refractivity contribution in [2.45, 2.75) is 139 Å². The Bertz CT molecular complexity index is 1020. The summed E-state index contributed by atoms with van der Waals surface area (Å²) in [6, 6.07) is 0.407. The van der Waals surface area contributed by atoms with Crippen molar-refractivity contribution in [2.75, 3.05) is 18.8 Å². The van der Waals surface area contributed by atoms with Gasteiger partial charge in [0.15, 0.2) is 0 Å². The van der Waals surface area contributed by atoms with E-state index in [9.17, 15) is 29.4 Å². The molecule has 0 aromatic carbocycles. The molecule has 3 rings (SSSR count). The summed E-state index contributed by atoms with van der Waals surface area (Å²) in [5, 5.41) is 32.9. The van der Waals surface area contributed by atoms with E-state index in [1.165, 1.54) is 0 Å². The molecule has 2 saturated heterocycles. The molecule has 0 spiro atoms. The molecule has 6 N–H and O–H groups in total. The summed E-state index contributed by atoms with van der Waals surface area (Å²) in [7, 11) is 0. The quantitative estimate of drug-likeness (QED) is 0.0541. The third kappa shape index (κ3) is 13.8. The molecule has 2 heterocycles. The summed E-state index contributed by atoms with van der Waals surface area (Å²) in [4.78, 5) is 48.2. The van der Waals surface area contributed by atoms with Crippen LogP contribution in [0.4, 0.5) is 4.79 Å².